The quantitative estimate of drug-likeness (QED) is 0.606. The van der Waals surface area contributed by atoms with E-state index in [9.17, 15) is 9.59 Å². The summed E-state index contributed by atoms with van der Waals surface area (Å²) in [5.74, 6) is -1.10. The molecular formula is C11H13NO3. The molecule has 0 aromatic carbocycles. The summed E-state index contributed by atoms with van der Waals surface area (Å²) in [5.41, 5.74) is 0. The molecule has 0 aromatic rings. The van der Waals surface area contributed by atoms with E-state index in [1.807, 2.05) is 0 Å². The molecule has 2 rings (SSSR count). The molecule has 0 radical (unpaired) electrons. The van der Waals surface area contributed by atoms with Crippen LogP contribution >= 0.6 is 0 Å². The van der Waals surface area contributed by atoms with Crippen molar-refractivity contribution in [1.82, 2.24) is 4.90 Å². The molecule has 15 heavy (non-hydrogen) atoms. The van der Waals surface area contributed by atoms with Crippen LogP contribution in [0, 0.1) is 5.92 Å². The molecule has 0 saturated carbocycles. The number of morpholine rings is 1. The third-order valence-corrected chi connectivity index (χ3v) is 2.56. The summed E-state index contributed by atoms with van der Waals surface area (Å²) >= 11 is 0. The highest BCUT2D eigenvalue weighted by Crippen LogP contribution is 2.12. The number of nitrogens with zero attached hydrogens (tertiary/aromatic N) is 1. The fourth-order valence-corrected chi connectivity index (χ4v) is 1.67. The molecule has 4 heteroatoms. The van der Waals surface area contributed by atoms with Crippen molar-refractivity contribution in [2.24, 2.45) is 5.92 Å². The summed E-state index contributed by atoms with van der Waals surface area (Å²) in [6.07, 6.45) is 7.05. The van der Waals surface area contributed by atoms with Gasteiger partial charge in [-0.1, -0.05) is 24.3 Å². The van der Waals surface area contributed by atoms with Gasteiger partial charge < -0.3 is 9.64 Å². The lowest BCUT2D eigenvalue weighted by molar-refractivity contribution is -0.148. The van der Waals surface area contributed by atoms with Crippen LogP contribution in [0.15, 0.2) is 24.3 Å². The fourth-order valence-electron chi connectivity index (χ4n) is 1.67. The van der Waals surface area contributed by atoms with Crippen molar-refractivity contribution in [3.05, 3.63) is 24.3 Å². The summed E-state index contributed by atoms with van der Waals surface area (Å²) in [6, 6.07) is 0. The first-order valence-corrected chi connectivity index (χ1v) is 5.05. The van der Waals surface area contributed by atoms with Crippen LogP contribution in [0.5, 0.6) is 0 Å². The molecular weight excluding hydrogens is 194 g/mol. The van der Waals surface area contributed by atoms with Gasteiger partial charge in [0.1, 0.15) is 0 Å². The minimum atomic E-state index is -0.389. The number of rotatable bonds is 2. The van der Waals surface area contributed by atoms with E-state index in [1.54, 1.807) is 29.2 Å². The molecule has 0 bridgehead atoms. The van der Waals surface area contributed by atoms with Gasteiger partial charge in [-0.05, 0) is 0 Å². The van der Waals surface area contributed by atoms with Gasteiger partial charge in [0.15, 0.2) is 0 Å². The largest absolute Gasteiger partial charge is 0.378 e. The van der Waals surface area contributed by atoms with E-state index in [0.717, 1.165) is 0 Å². The highest BCUT2D eigenvalue weighted by atomic mass is 16.5. The molecule has 0 aromatic heterocycles. The van der Waals surface area contributed by atoms with Gasteiger partial charge in [-0.2, -0.15) is 0 Å². The van der Waals surface area contributed by atoms with E-state index in [1.165, 1.54) is 0 Å². The Labute approximate surface area is 88.2 Å². The topological polar surface area (TPSA) is 46.6 Å². The van der Waals surface area contributed by atoms with Gasteiger partial charge in [-0.3, -0.25) is 9.59 Å². The van der Waals surface area contributed by atoms with Gasteiger partial charge in [0, 0.05) is 13.1 Å². The number of hydrogen-bond donors (Lipinski definition) is 0. The van der Waals surface area contributed by atoms with E-state index >= 15 is 0 Å². The number of hydrogen-bond acceptors (Lipinski definition) is 3. The van der Waals surface area contributed by atoms with E-state index < -0.39 is 0 Å². The maximum atomic E-state index is 11.7. The van der Waals surface area contributed by atoms with Crippen molar-refractivity contribution in [3.63, 3.8) is 0 Å². The minimum Gasteiger partial charge on any atom is -0.378 e. The van der Waals surface area contributed by atoms with Crippen molar-refractivity contribution in [3.8, 4) is 0 Å². The lowest BCUT2D eigenvalue weighted by Gasteiger charge is -2.26. The SMILES string of the molecule is O=C(C(=O)N1CCOCC1)C1C=CC=C1. The van der Waals surface area contributed by atoms with Crippen LogP contribution < -0.4 is 0 Å². The van der Waals surface area contributed by atoms with Gasteiger partial charge in [0.25, 0.3) is 5.91 Å². The van der Waals surface area contributed by atoms with E-state index in [2.05, 4.69) is 0 Å². The number of carbonyl (C=O) groups is 2. The summed E-state index contributed by atoms with van der Waals surface area (Å²) in [4.78, 5) is 25.0. The maximum absolute atomic E-state index is 11.7. The smallest absolute Gasteiger partial charge is 0.291 e. The Hall–Kier alpha value is -1.42. The van der Waals surface area contributed by atoms with E-state index in [4.69, 9.17) is 4.74 Å². The predicted molar refractivity (Wildman–Crippen MR) is 54.2 cm³/mol. The molecule has 1 saturated heterocycles. The lowest BCUT2D eigenvalue weighted by atomic mass is 10.1. The van der Waals surface area contributed by atoms with Crippen LogP contribution in [0.1, 0.15) is 0 Å². The zero-order valence-corrected chi connectivity index (χ0v) is 8.39. The van der Waals surface area contributed by atoms with Gasteiger partial charge in [-0.25, -0.2) is 0 Å². The molecule has 1 fully saturated rings. The number of ketones is 1. The van der Waals surface area contributed by atoms with Crippen LogP contribution in [-0.2, 0) is 14.3 Å². The Morgan fingerprint density at radius 1 is 1.13 bits per heavy atom. The highest BCUT2D eigenvalue weighted by Gasteiger charge is 2.28. The Morgan fingerprint density at radius 3 is 2.33 bits per heavy atom. The number of Topliss-reactive ketones (excluding diaryl/α,β-unsaturated/α-hetero) is 1. The monoisotopic (exact) mass is 207 g/mol. The summed E-state index contributed by atoms with van der Waals surface area (Å²) in [5, 5.41) is 0. The molecule has 1 heterocycles. The second-order valence-electron chi connectivity index (χ2n) is 3.56. The molecule has 1 aliphatic heterocycles. The first-order valence-electron chi connectivity index (χ1n) is 5.05. The van der Waals surface area contributed by atoms with Gasteiger partial charge in [0.05, 0.1) is 19.1 Å². The fraction of sp³-hybridized carbons (Fsp3) is 0.455. The molecule has 2 aliphatic rings. The Morgan fingerprint density at radius 2 is 1.73 bits per heavy atom. The Bertz CT molecular complexity index is 315. The number of amides is 1. The highest BCUT2D eigenvalue weighted by molar-refractivity contribution is 6.37. The van der Waals surface area contributed by atoms with Crippen LogP contribution in [0.25, 0.3) is 0 Å². The van der Waals surface area contributed by atoms with E-state index in [0.29, 0.717) is 26.3 Å². The van der Waals surface area contributed by atoms with Crippen LogP contribution in [0.3, 0.4) is 0 Å². The number of allylic oxidation sites excluding steroid dienone is 4. The maximum Gasteiger partial charge on any atom is 0.291 e. The second kappa shape index (κ2) is 4.40. The van der Waals surface area contributed by atoms with Crippen molar-refractivity contribution >= 4 is 11.7 Å². The van der Waals surface area contributed by atoms with Crippen molar-refractivity contribution in [2.75, 3.05) is 26.3 Å². The first kappa shape index (κ1) is 10.1. The molecule has 0 spiro atoms. The summed E-state index contributed by atoms with van der Waals surface area (Å²) < 4.78 is 5.12. The zero-order chi connectivity index (χ0) is 10.7. The summed E-state index contributed by atoms with van der Waals surface area (Å²) in [7, 11) is 0. The van der Waals surface area contributed by atoms with Crippen molar-refractivity contribution < 1.29 is 14.3 Å². The van der Waals surface area contributed by atoms with Crippen molar-refractivity contribution in [2.45, 2.75) is 0 Å². The average Bonchev–Trinajstić information content (AvgIpc) is 2.82. The molecule has 4 nitrogen and oxygen atoms in total. The van der Waals surface area contributed by atoms with Crippen molar-refractivity contribution in [1.29, 1.82) is 0 Å². The summed E-state index contributed by atoms with van der Waals surface area (Å²) in [6.45, 7) is 2.08. The second-order valence-corrected chi connectivity index (χ2v) is 3.56. The normalized spacial score (nSPS) is 20.9. The number of carbonyl (C=O) groups excluding carboxylic acids is 2. The zero-order valence-electron chi connectivity index (χ0n) is 8.39. The van der Waals surface area contributed by atoms with Crippen LogP contribution in [0.2, 0.25) is 0 Å². The molecule has 0 N–H and O–H groups in total. The molecule has 1 aliphatic carbocycles. The number of ether oxygens (including phenoxy) is 1. The Kier molecular flexibility index (Phi) is 2.97. The van der Waals surface area contributed by atoms with E-state index in [-0.39, 0.29) is 17.6 Å². The first-order chi connectivity index (χ1) is 7.29. The Balaban J connectivity index is 1.97. The van der Waals surface area contributed by atoms with Gasteiger partial charge in [0.2, 0.25) is 5.78 Å². The standard InChI is InChI=1S/C11H13NO3/c13-10(9-3-1-2-4-9)11(14)12-5-7-15-8-6-12/h1-4,9H,5-8H2. The molecule has 80 valence electrons. The van der Waals surface area contributed by atoms with Gasteiger partial charge in [-0.15, -0.1) is 0 Å². The third kappa shape index (κ3) is 2.15. The van der Waals surface area contributed by atoms with Gasteiger partial charge >= 0.3 is 0 Å². The minimum absolute atomic E-state index is 0.345. The molecule has 0 unspecified atom stereocenters. The van der Waals surface area contributed by atoms with Crippen LogP contribution in [-0.4, -0.2) is 42.9 Å². The predicted octanol–water partition coefficient (Wildman–Crippen LogP) is 0.157. The lowest BCUT2D eigenvalue weighted by Crippen LogP contribution is -2.45. The third-order valence-electron chi connectivity index (χ3n) is 2.56. The average molecular weight is 207 g/mol. The molecule has 1 amide bonds. The van der Waals surface area contributed by atoms with Crippen LogP contribution in [0.4, 0.5) is 0 Å². The molecule has 0 atom stereocenters.